The van der Waals surface area contributed by atoms with E-state index in [1.807, 2.05) is 0 Å². The molecule has 0 aromatic heterocycles. The Labute approximate surface area is 159 Å². The Hall–Kier alpha value is -2.37. The smallest absolute Gasteiger partial charge is 0.307 e. The highest BCUT2D eigenvalue weighted by molar-refractivity contribution is 5.97. The molecule has 3 N–H and O–H groups in total. The van der Waals surface area contributed by atoms with Gasteiger partial charge in [-0.1, -0.05) is 32.1 Å². The maximum absolute atomic E-state index is 12.5. The van der Waals surface area contributed by atoms with Crippen molar-refractivity contribution in [1.82, 2.24) is 5.32 Å². The van der Waals surface area contributed by atoms with Crippen molar-refractivity contribution in [2.24, 2.45) is 11.8 Å². The molecule has 2 fully saturated rings. The van der Waals surface area contributed by atoms with Crippen LogP contribution in [0.25, 0.3) is 0 Å². The van der Waals surface area contributed by atoms with Crippen LogP contribution in [0.4, 0.5) is 5.69 Å². The SMILES string of the molecule is O=C(NC1CCCCC1)c1ccc(NC(=O)[C@@H]2CCCC[C@H]2C(=O)O)cc1. The molecule has 0 spiro atoms. The Bertz CT molecular complexity index is 680. The van der Waals surface area contributed by atoms with E-state index in [4.69, 9.17) is 0 Å². The summed E-state index contributed by atoms with van der Waals surface area (Å²) in [4.78, 5) is 36.2. The Morgan fingerprint density at radius 3 is 2.04 bits per heavy atom. The molecule has 0 heterocycles. The van der Waals surface area contributed by atoms with E-state index in [0.29, 0.717) is 24.1 Å². The average molecular weight is 372 g/mol. The lowest BCUT2D eigenvalue weighted by Gasteiger charge is -2.27. The first-order valence-corrected chi connectivity index (χ1v) is 9.99. The molecule has 1 aromatic carbocycles. The minimum atomic E-state index is -0.899. The molecule has 0 radical (unpaired) electrons. The number of aliphatic carboxylic acids is 1. The van der Waals surface area contributed by atoms with Gasteiger partial charge in [0.05, 0.1) is 11.8 Å². The quantitative estimate of drug-likeness (QED) is 0.736. The molecule has 6 heteroatoms. The summed E-state index contributed by atoms with van der Waals surface area (Å²) in [6.07, 6.45) is 8.51. The van der Waals surface area contributed by atoms with Gasteiger partial charge in [0.25, 0.3) is 5.91 Å². The summed E-state index contributed by atoms with van der Waals surface area (Å²) in [5.74, 6) is -2.34. The molecule has 6 nitrogen and oxygen atoms in total. The van der Waals surface area contributed by atoms with Gasteiger partial charge in [-0.2, -0.15) is 0 Å². The maximum atomic E-state index is 12.5. The van der Waals surface area contributed by atoms with Crippen LogP contribution in [-0.4, -0.2) is 28.9 Å². The van der Waals surface area contributed by atoms with Gasteiger partial charge in [-0.3, -0.25) is 14.4 Å². The summed E-state index contributed by atoms with van der Waals surface area (Å²) >= 11 is 0. The minimum absolute atomic E-state index is 0.0852. The third-order valence-corrected chi connectivity index (χ3v) is 5.77. The Kier molecular flexibility index (Phi) is 6.48. The summed E-state index contributed by atoms with van der Waals surface area (Å²) < 4.78 is 0. The molecule has 2 aliphatic carbocycles. The van der Waals surface area contributed by atoms with Crippen LogP contribution >= 0.6 is 0 Å². The summed E-state index contributed by atoms with van der Waals surface area (Å²) in [5.41, 5.74) is 1.16. The topological polar surface area (TPSA) is 95.5 Å². The van der Waals surface area contributed by atoms with Gasteiger partial charge >= 0.3 is 5.97 Å². The summed E-state index contributed by atoms with van der Waals surface area (Å²) in [5, 5.41) is 15.2. The number of carbonyl (C=O) groups is 3. The standard InChI is InChI=1S/C21H28N2O4/c24-19(22-15-6-2-1-3-7-15)14-10-12-16(13-11-14)23-20(25)17-8-4-5-9-18(17)21(26)27/h10-13,15,17-18H,1-9H2,(H,22,24)(H,23,25)(H,26,27)/t17-,18-/m1/s1. The lowest BCUT2D eigenvalue weighted by molar-refractivity contribution is -0.147. The number of benzene rings is 1. The zero-order chi connectivity index (χ0) is 19.2. The van der Waals surface area contributed by atoms with Crippen LogP contribution in [0.3, 0.4) is 0 Å². The second-order valence-corrected chi connectivity index (χ2v) is 7.71. The third kappa shape index (κ3) is 5.08. The predicted octanol–water partition coefficient (Wildman–Crippen LogP) is 3.58. The fourth-order valence-electron chi connectivity index (χ4n) is 4.20. The largest absolute Gasteiger partial charge is 0.481 e. The van der Waals surface area contributed by atoms with E-state index >= 15 is 0 Å². The van der Waals surface area contributed by atoms with Gasteiger partial charge in [0.2, 0.25) is 5.91 Å². The van der Waals surface area contributed by atoms with Gasteiger partial charge in [0.1, 0.15) is 0 Å². The van der Waals surface area contributed by atoms with Crippen molar-refractivity contribution in [3.8, 4) is 0 Å². The van der Waals surface area contributed by atoms with Gasteiger partial charge in [0.15, 0.2) is 0 Å². The molecular weight excluding hydrogens is 344 g/mol. The average Bonchev–Trinajstić information content (AvgIpc) is 2.69. The van der Waals surface area contributed by atoms with Gasteiger partial charge in [-0.15, -0.1) is 0 Å². The monoisotopic (exact) mass is 372 g/mol. The number of carboxylic acids is 1. The number of anilines is 1. The molecular formula is C21H28N2O4. The van der Waals surface area contributed by atoms with E-state index in [1.165, 1.54) is 6.42 Å². The molecule has 0 unspecified atom stereocenters. The normalized spacial score (nSPS) is 23.4. The summed E-state index contributed by atoms with van der Waals surface area (Å²) in [6.45, 7) is 0. The fourth-order valence-corrected chi connectivity index (χ4v) is 4.20. The van der Waals surface area contributed by atoms with Crippen LogP contribution in [0.2, 0.25) is 0 Å². The zero-order valence-corrected chi connectivity index (χ0v) is 15.6. The van der Waals surface area contributed by atoms with Crippen LogP contribution in [0.15, 0.2) is 24.3 Å². The van der Waals surface area contributed by atoms with Crippen LogP contribution in [0, 0.1) is 11.8 Å². The molecule has 0 bridgehead atoms. The van der Waals surface area contributed by atoms with Gasteiger partial charge in [-0.05, 0) is 49.9 Å². The van der Waals surface area contributed by atoms with Crippen molar-refractivity contribution in [2.45, 2.75) is 63.8 Å². The molecule has 27 heavy (non-hydrogen) atoms. The molecule has 3 rings (SSSR count). The lowest BCUT2D eigenvalue weighted by atomic mass is 9.78. The highest BCUT2D eigenvalue weighted by Crippen LogP contribution is 2.31. The number of hydrogen-bond acceptors (Lipinski definition) is 3. The molecule has 146 valence electrons. The second-order valence-electron chi connectivity index (χ2n) is 7.71. The first-order chi connectivity index (χ1) is 13.0. The second kappa shape index (κ2) is 9.02. The molecule has 2 amide bonds. The van der Waals surface area contributed by atoms with Crippen molar-refractivity contribution in [3.63, 3.8) is 0 Å². The van der Waals surface area contributed by atoms with E-state index in [9.17, 15) is 19.5 Å². The summed E-state index contributed by atoms with van der Waals surface area (Å²) in [6, 6.07) is 7.05. The molecule has 2 atom stereocenters. The molecule has 0 saturated heterocycles. The number of carboxylic acid groups (broad SMARTS) is 1. The first kappa shape index (κ1) is 19.4. The Balaban J connectivity index is 1.57. The predicted molar refractivity (Wildman–Crippen MR) is 102 cm³/mol. The molecule has 2 saturated carbocycles. The highest BCUT2D eigenvalue weighted by atomic mass is 16.4. The maximum Gasteiger partial charge on any atom is 0.307 e. The number of nitrogens with one attached hydrogen (secondary N) is 2. The first-order valence-electron chi connectivity index (χ1n) is 9.99. The van der Waals surface area contributed by atoms with Crippen molar-refractivity contribution in [2.75, 3.05) is 5.32 Å². The fraction of sp³-hybridized carbons (Fsp3) is 0.571. The zero-order valence-electron chi connectivity index (χ0n) is 15.6. The van der Waals surface area contributed by atoms with Crippen LogP contribution < -0.4 is 10.6 Å². The van der Waals surface area contributed by atoms with Crippen molar-refractivity contribution >= 4 is 23.5 Å². The summed E-state index contributed by atoms with van der Waals surface area (Å²) in [7, 11) is 0. The van der Waals surface area contributed by atoms with Gasteiger partial charge in [-0.25, -0.2) is 0 Å². The minimum Gasteiger partial charge on any atom is -0.481 e. The Morgan fingerprint density at radius 1 is 0.815 bits per heavy atom. The van der Waals surface area contributed by atoms with Crippen molar-refractivity contribution < 1.29 is 19.5 Å². The number of amides is 2. The van der Waals surface area contributed by atoms with E-state index in [1.54, 1.807) is 24.3 Å². The molecule has 2 aliphatic rings. The number of rotatable bonds is 5. The molecule has 1 aromatic rings. The Morgan fingerprint density at radius 2 is 1.41 bits per heavy atom. The third-order valence-electron chi connectivity index (χ3n) is 5.77. The van der Waals surface area contributed by atoms with E-state index in [0.717, 1.165) is 38.5 Å². The van der Waals surface area contributed by atoms with Crippen LogP contribution in [0.1, 0.15) is 68.1 Å². The van der Waals surface area contributed by atoms with Crippen molar-refractivity contribution in [3.05, 3.63) is 29.8 Å². The number of hydrogen-bond donors (Lipinski definition) is 3. The van der Waals surface area contributed by atoms with E-state index in [2.05, 4.69) is 10.6 Å². The van der Waals surface area contributed by atoms with Gasteiger partial charge < -0.3 is 15.7 Å². The lowest BCUT2D eigenvalue weighted by Crippen LogP contribution is -2.36. The molecule has 0 aliphatic heterocycles. The highest BCUT2D eigenvalue weighted by Gasteiger charge is 2.35. The van der Waals surface area contributed by atoms with Crippen LogP contribution in [-0.2, 0) is 9.59 Å². The number of carbonyl (C=O) groups excluding carboxylic acids is 2. The van der Waals surface area contributed by atoms with E-state index < -0.39 is 17.8 Å². The van der Waals surface area contributed by atoms with E-state index in [-0.39, 0.29) is 17.9 Å². The van der Waals surface area contributed by atoms with Gasteiger partial charge in [0, 0.05) is 17.3 Å². The van der Waals surface area contributed by atoms with Crippen molar-refractivity contribution in [1.29, 1.82) is 0 Å². The van der Waals surface area contributed by atoms with Crippen LogP contribution in [0.5, 0.6) is 0 Å².